The molecule has 0 aromatic heterocycles. The average molecular weight is 320 g/mol. The van der Waals surface area contributed by atoms with E-state index in [-0.39, 0.29) is 31.5 Å². The van der Waals surface area contributed by atoms with Gasteiger partial charge in [0.25, 0.3) is 5.91 Å². The first-order valence-electron chi connectivity index (χ1n) is 7.33. The van der Waals surface area contributed by atoms with Gasteiger partial charge in [-0.3, -0.25) is 14.4 Å². The fourth-order valence-corrected chi connectivity index (χ4v) is 2.59. The quantitative estimate of drug-likeness (QED) is 0.836. The van der Waals surface area contributed by atoms with Crippen molar-refractivity contribution in [3.63, 3.8) is 0 Å². The molecule has 1 aliphatic heterocycles. The molecule has 0 saturated heterocycles. The van der Waals surface area contributed by atoms with Gasteiger partial charge < -0.3 is 19.6 Å². The van der Waals surface area contributed by atoms with E-state index in [0.717, 1.165) is 11.3 Å². The molecule has 1 heterocycles. The molecule has 7 nitrogen and oxygen atoms in total. The summed E-state index contributed by atoms with van der Waals surface area (Å²) >= 11 is 0. The Morgan fingerprint density at radius 1 is 1.35 bits per heavy atom. The van der Waals surface area contributed by atoms with Crippen molar-refractivity contribution in [2.24, 2.45) is 0 Å². The lowest BCUT2D eigenvalue weighted by molar-refractivity contribution is -0.137. The van der Waals surface area contributed by atoms with E-state index in [0.29, 0.717) is 18.4 Å². The minimum atomic E-state index is -1.07. The number of fused-ring (bicyclic) bond motifs is 1. The monoisotopic (exact) mass is 320 g/mol. The van der Waals surface area contributed by atoms with Crippen LogP contribution in [0.2, 0.25) is 0 Å². The van der Waals surface area contributed by atoms with E-state index in [1.165, 1.54) is 12.0 Å². The minimum absolute atomic E-state index is 0.0455. The van der Waals surface area contributed by atoms with Crippen LogP contribution in [0.3, 0.4) is 0 Å². The maximum absolute atomic E-state index is 12.5. The molecule has 0 aliphatic carbocycles. The van der Waals surface area contributed by atoms with Crippen molar-refractivity contribution in [2.45, 2.75) is 12.8 Å². The highest BCUT2D eigenvalue weighted by Crippen LogP contribution is 2.27. The van der Waals surface area contributed by atoms with Gasteiger partial charge in [0.05, 0.1) is 6.61 Å². The highest BCUT2D eigenvalue weighted by Gasteiger charge is 2.24. The minimum Gasteiger partial charge on any atom is -0.480 e. The number of carboxylic acids is 1. The molecular formula is C16H20N2O5. The molecule has 124 valence electrons. The molecular weight excluding hydrogens is 300 g/mol. The maximum atomic E-state index is 12.5. The van der Waals surface area contributed by atoms with Crippen molar-refractivity contribution in [1.29, 1.82) is 0 Å². The number of rotatable bonds is 6. The van der Waals surface area contributed by atoms with Gasteiger partial charge in [0.1, 0.15) is 6.54 Å². The van der Waals surface area contributed by atoms with Crippen LogP contribution in [0.1, 0.15) is 22.3 Å². The third-order valence-electron chi connectivity index (χ3n) is 3.85. The fraction of sp³-hybridized carbons (Fsp3) is 0.438. The van der Waals surface area contributed by atoms with Gasteiger partial charge in [-0.15, -0.1) is 0 Å². The van der Waals surface area contributed by atoms with Crippen molar-refractivity contribution in [1.82, 2.24) is 4.90 Å². The molecule has 2 amide bonds. The number of methoxy groups -OCH3 is 1. The summed E-state index contributed by atoms with van der Waals surface area (Å²) in [7, 11) is 3.20. The Labute approximate surface area is 134 Å². The molecule has 23 heavy (non-hydrogen) atoms. The lowest BCUT2D eigenvalue weighted by Gasteiger charge is -2.27. The fourth-order valence-electron chi connectivity index (χ4n) is 2.59. The van der Waals surface area contributed by atoms with Crippen LogP contribution in [-0.4, -0.2) is 61.6 Å². The van der Waals surface area contributed by atoms with Gasteiger partial charge in [0.2, 0.25) is 5.91 Å². The molecule has 2 rings (SSSR count). The number of nitrogens with zero attached hydrogens (tertiary/aromatic N) is 2. The number of aliphatic carboxylic acids is 1. The number of anilines is 1. The van der Waals surface area contributed by atoms with Gasteiger partial charge >= 0.3 is 5.97 Å². The number of amides is 2. The number of benzene rings is 1. The van der Waals surface area contributed by atoms with Crippen LogP contribution in [0.4, 0.5) is 5.69 Å². The van der Waals surface area contributed by atoms with Crippen LogP contribution >= 0.6 is 0 Å². The van der Waals surface area contributed by atoms with E-state index in [4.69, 9.17) is 9.84 Å². The third kappa shape index (κ3) is 3.87. The Balaban J connectivity index is 2.24. The molecule has 0 fully saturated rings. The van der Waals surface area contributed by atoms with E-state index in [1.807, 2.05) is 0 Å². The standard InChI is InChI=1S/C16H20N2O5/c1-17-13-5-3-12(9-11(13)4-6-14(17)19)16(22)18(7-8-23-2)10-15(20)21/h3,5,9H,4,6-8,10H2,1-2H3,(H,20,21). The Morgan fingerprint density at radius 3 is 2.74 bits per heavy atom. The lowest BCUT2D eigenvalue weighted by Crippen LogP contribution is -2.38. The van der Waals surface area contributed by atoms with Gasteiger partial charge in [0.15, 0.2) is 0 Å². The number of hydrogen-bond acceptors (Lipinski definition) is 4. The van der Waals surface area contributed by atoms with Crippen LogP contribution < -0.4 is 4.90 Å². The summed E-state index contributed by atoms with van der Waals surface area (Å²) in [4.78, 5) is 38.0. The van der Waals surface area contributed by atoms with E-state index >= 15 is 0 Å². The van der Waals surface area contributed by atoms with Gasteiger partial charge in [-0.25, -0.2) is 0 Å². The van der Waals surface area contributed by atoms with Crippen molar-refractivity contribution >= 4 is 23.5 Å². The summed E-state index contributed by atoms with van der Waals surface area (Å²) in [5.74, 6) is -1.38. The summed E-state index contributed by atoms with van der Waals surface area (Å²) in [5, 5.41) is 8.96. The van der Waals surface area contributed by atoms with Gasteiger partial charge in [0, 0.05) is 38.4 Å². The average Bonchev–Trinajstić information content (AvgIpc) is 2.53. The second kappa shape index (κ2) is 7.23. The number of hydrogen-bond donors (Lipinski definition) is 1. The van der Waals surface area contributed by atoms with E-state index in [1.54, 1.807) is 30.1 Å². The van der Waals surface area contributed by atoms with E-state index in [2.05, 4.69) is 0 Å². The zero-order valence-electron chi connectivity index (χ0n) is 13.2. The SMILES string of the molecule is COCCN(CC(=O)O)C(=O)c1ccc2c(c1)CCC(=O)N2C. The van der Waals surface area contributed by atoms with Crippen LogP contribution in [0.5, 0.6) is 0 Å². The smallest absolute Gasteiger partial charge is 0.323 e. The zero-order valence-corrected chi connectivity index (χ0v) is 13.2. The second-order valence-electron chi connectivity index (χ2n) is 5.41. The van der Waals surface area contributed by atoms with Gasteiger partial charge in [-0.2, -0.15) is 0 Å². The molecule has 1 aliphatic rings. The summed E-state index contributed by atoms with van der Waals surface area (Å²) in [6.45, 7) is 0.0932. The number of carbonyl (C=O) groups excluding carboxylic acids is 2. The number of carbonyl (C=O) groups is 3. The van der Waals surface area contributed by atoms with Crippen molar-refractivity contribution in [3.8, 4) is 0 Å². The van der Waals surface area contributed by atoms with Crippen molar-refractivity contribution in [2.75, 3.05) is 38.8 Å². The number of aryl methyl sites for hydroxylation is 1. The molecule has 1 aromatic carbocycles. The predicted octanol–water partition coefficient (Wildman–Crippen LogP) is 0.769. The molecule has 0 bridgehead atoms. The first kappa shape index (κ1) is 17.0. The number of ether oxygens (including phenoxy) is 1. The van der Waals surface area contributed by atoms with Crippen LogP contribution in [0, 0.1) is 0 Å². The Hall–Kier alpha value is -2.41. The van der Waals surface area contributed by atoms with Crippen molar-refractivity contribution < 1.29 is 24.2 Å². The highest BCUT2D eigenvalue weighted by molar-refractivity contribution is 5.99. The maximum Gasteiger partial charge on any atom is 0.323 e. The van der Waals surface area contributed by atoms with Crippen LogP contribution in [-0.2, 0) is 20.7 Å². The normalized spacial score (nSPS) is 13.7. The molecule has 0 unspecified atom stereocenters. The summed E-state index contributed by atoms with van der Waals surface area (Å²) < 4.78 is 4.93. The third-order valence-corrected chi connectivity index (χ3v) is 3.85. The zero-order chi connectivity index (χ0) is 17.0. The topological polar surface area (TPSA) is 87.1 Å². The second-order valence-corrected chi connectivity index (χ2v) is 5.41. The molecule has 0 spiro atoms. The lowest BCUT2D eigenvalue weighted by atomic mass is 9.98. The summed E-state index contributed by atoms with van der Waals surface area (Å²) in [5.41, 5.74) is 2.13. The first-order chi connectivity index (χ1) is 10.9. The molecule has 0 radical (unpaired) electrons. The van der Waals surface area contributed by atoms with Gasteiger partial charge in [-0.1, -0.05) is 0 Å². The predicted molar refractivity (Wildman–Crippen MR) is 83.6 cm³/mol. The molecule has 0 saturated carbocycles. The molecule has 1 N–H and O–H groups in total. The Bertz CT molecular complexity index is 629. The van der Waals surface area contributed by atoms with E-state index in [9.17, 15) is 14.4 Å². The van der Waals surface area contributed by atoms with Crippen molar-refractivity contribution in [3.05, 3.63) is 29.3 Å². The summed E-state index contributed by atoms with van der Waals surface area (Å²) in [6.07, 6.45) is 0.986. The molecule has 7 heteroatoms. The Morgan fingerprint density at radius 2 is 2.09 bits per heavy atom. The van der Waals surface area contributed by atoms with Crippen LogP contribution in [0.25, 0.3) is 0 Å². The molecule has 1 aromatic rings. The van der Waals surface area contributed by atoms with Gasteiger partial charge in [-0.05, 0) is 30.2 Å². The summed E-state index contributed by atoms with van der Waals surface area (Å²) in [6, 6.07) is 5.09. The Kier molecular flexibility index (Phi) is 5.33. The number of carboxylic acid groups (broad SMARTS) is 1. The molecule has 0 atom stereocenters. The van der Waals surface area contributed by atoms with E-state index < -0.39 is 5.97 Å². The largest absolute Gasteiger partial charge is 0.480 e. The first-order valence-corrected chi connectivity index (χ1v) is 7.33. The highest BCUT2D eigenvalue weighted by atomic mass is 16.5. The van der Waals surface area contributed by atoms with Crippen LogP contribution in [0.15, 0.2) is 18.2 Å².